The largest absolute Gasteiger partial charge is 0.490 e. The molecule has 2 aliphatic rings. The standard InChI is InChI=1S/C35H32F2N4O3S2/c1-3-28(42)41-13-9-25-27(19-41)46-34(39-25)32-30(29-24(37)17-22(36)18-26(29)44-15-14-43-2)33-23(10-16-45-33)31(40-32)20-5-7-21(8-6-20)35(38)11-4-12-35/h3,5-8,10,16-18H,1,4,9,11-15,19,38H2,2H3. The van der Waals surface area contributed by atoms with Crippen molar-refractivity contribution in [1.29, 1.82) is 0 Å². The van der Waals surface area contributed by atoms with Gasteiger partial charge in [0.25, 0.3) is 0 Å². The minimum atomic E-state index is -0.764. The van der Waals surface area contributed by atoms with Crippen molar-refractivity contribution in [2.75, 3.05) is 26.9 Å². The lowest BCUT2D eigenvalue weighted by Crippen LogP contribution is -2.43. The van der Waals surface area contributed by atoms with Gasteiger partial charge in [-0.1, -0.05) is 30.8 Å². The zero-order valence-corrected chi connectivity index (χ0v) is 26.9. The monoisotopic (exact) mass is 658 g/mol. The molecule has 7 rings (SSSR count). The van der Waals surface area contributed by atoms with Gasteiger partial charge >= 0.3 is 0 Å². The van der Waals surface area contributed by atoms with E-state index in [1.165, 1.54) is 41.9 Å². The van der Waals surface area contributed by atoms with Gasteiger partial charge in [0.1, 0.15) is 34.7 Å². The van der Waals surface area contributed by atoms with Crippen molar-refractivity contribution in [3.05, 3.63) is 88.3 Å². The maximum Gasteiger partial charge on any atom is 0.246 e. The first-order valence-corrected chi connectivity index (χ1v) is 16.8. The van der Waals surface area contributed by atoms with Crippen LogP contribution < -0.4 is 10.5 Å². The maximum absolute atomic E-state index is 16.0. The fourth-order valence-electron chi connectivity index (χ4n) is 6.19. The smallest absolute Gasteiger partial charge is 0.246 e. The minimum absolute atomic E-state index is 0.0576. The van der Waals surface area contributed by atoms with Crippen LogP contribution in [0.15, 0.2) is 60.5 Å². The highest BCUT2D eigenvalue weighted by atomic mass is 32.1. The fourth-order valence-corrected chi connectivity index (χ4v) is 8.26. The molecule has 1 aliphatic carbocycles. The number of thiophene rings is 1. The van der Waals surface area contributed by atoms with E-state index in [0.29, 0.717) is 35.8 Å². The van der Waals surface area contributed by atoms with Crippen LogP contribution in [0.25, 0.3) is 43.2 Å². The first-order valence-electron chi connectivity index (χ1n) is 15.1. The number of hydrogen-bond acceptors (Lipinski definition) is 8. The molecule has 0 bridgehead atoms. The van der Waals surface area contributed by atoms with Gasteiger partial charge in [0.15, 0.2) is 0 Å². The molecule has 2 N–H and O–H groups in total. The van der Waals surface area contributed by atoms with Crippen LogP contribution in [0.5, 0.6) is 5.75 Å². The van der Waals surface area contributed by atoms with Gasteiger partial charge in [-0.15, -0.1) is 22.7 Å². The Bertz CT molecular complexity index is 1970. The van der Waals surface area contributed by atoms with E-state index in [9.17, 15) is 9.18 Å². The summed E-state index contributed by atoms with van der Waals surface area (Å²) in [5.41, 5.74) is 11.0. The molecule has 2 aromatic carbocycles. The molecule has 0 atom stereocenters. The van der Waals surface area contributed by atoms with Gasteiger partial charge in [-0.05, 0) is 42.3 Å². The van der Waals surface area contributed by atoms with Crippen molar-refractivity contribution >= 4 is 38.7 Å². The SMILES string of the molecule is C=CC(=O)N1CCc2nc(-c3nc(-c4ccc(C5(N)CCC5)cc4)c4ccsc4c3-c3c(F)cc(F)cc3OCCOC)sc2C1. The summed E-state index contributed by atoms with van der Waals surface area (Å²) in [5, 5.41) is 3.36. The molecule has 0 unspecified atom stereocenters. The van der Waals surface area contributed by atoms with Gasteiger partial charge in [0.05, 0.1) is 30.1 Å². The van der Waals surface area contributed by atoms with Crippen LogP contribution in [0.4, 0.5) is 8.78 Å². The summed E-state index contributed by atoms with van der Waals surface area (Å²) in [5.74, 6) is -1.59. The molecule has 46 heavy (non-hydrogen) atoms. The van der Waals surface area contributed by atoms with Crippen LogP contribution in [-0.2, 0) is 28.0 Å². The lowest BCUT2D eigenvalue weighted by atomic mass is 9.72. The van der Waals surface area contributed by atoms with Gasteiger partial charge in [0, 0.05) is 63.8 Å². The number of benzene rings is 2. The normalized spacial score (nSPS) is 15.4. The van der Waals surface area contributed by atoms with E-state index in [-0.39, 0.29) is 36.0 Å². The lowest BCUT2D eigenvalue weighted by molar-refractivity contribution is -0.126. The molecule has 7 nitrogen and oxygen atoms in total. The summed E-state index contributed by atoms with van der Waals surface area (Å²) in [7, 11) is 1.53. The number of halogens is 2. The third kappa shape index (κ3) is 5.41. The predicted octanol–water partition coefficient (Wildman–Crippen LogP) is 7.47. The molecular formula is C35H32F2N4O3S2. The van der Waals surface area contributed by atoms with Crippen molar-refractivity contribution in [1.82, 2.24) is 14.9 Å². The number of fused-ring (bicyclic) bond motifs is 2. The van der Waals surface area contributed by atoms with Gasteiger partial charge in [-0.2, -0.15) is 0 Å². The highest BCUT2D eigenvalue weighted by molar-refractivity contribution is 7.18. The first kappa shape index (κ1) is 30.6. The van der Waals surface area contributed by atoms with E-state index in [1.807, 2.05) is 23.6 Å². The highest BCUT2D eigenvalue weighted by Crippen LogP contribution is 2.48. The average Bonchev–Trinajstić information content (AvgIpc) is 3.70. The first-order chi connectivity index (χ1) is 22.3. The molecule has 1 fully saturated rings. The van der Waals surface area contributed by atoms with Crippen molar-refractivity contribution in [2.24, 2.45) is 5.73 Å². The van der Waals surface area contributed by atoms with Crippen molar-refractivity contribution < 1.29 is 23.0 Å². The summed E-state index contributed by atoms with van der Waals surface area (Å²) < 4.78 is 42.4. The molecule has 5 aromatic rings. The average molecular weight is 659 g/mol. The fraction of sp³-hybridized carbons (Fsp3) is 0.286. The number of amides is 1. The summed E-state index contributed by atoms with van der Waals surface area (Å²) in [4.78, 5) is 25.3. The summed E-state index contributed by atoms with van der Waals surface area (Å²) in [6, 6.07) is 12.2. The minimum Gasteiger partial charge on any atom is -0.490 e. The molecule has 11 heteroatoms. The number of hydrogen-bond donors (Lipinski definition) is 1. The topological polar surface area (TPSA) is 90.6 Å². The second-order valence-corrected chi connectivity index (χ2v) is 13.6. The second kappa shape index (κ2) is 12.3. The Morgan fingerprint density at radius 1 is 1.11 bits per heavy atom. The molecular weight excluding hydrogens is 627 g/mol. The Kier molecular flexibility index (Phi) is 8.18. The number of ether oxygens (including phenoxy) is 2. The molecule has 0 spiro atoms. The molecule has 1 aliphatic heterocycles. The van der Waals surface area contributed by atoms with Crippen LogP contribution >= 0.6 is 22.7 Å². The van der Waals surface area contributed by atoms with Crippen LogP contribution in [0.2, 0.25) is 0 Å². The third-order valence-corrected chi connectivity index (χ3v) is 10.8. The number of nitrogens with two attached hydrogens (primary N) is 1. The Morgan fingerprint density at radius 3 is 2.63 bits per heavy atom. The molecule has 0 radical (unpaired) electrons. The van der Waals surface area contributed by atoms with E-state index < -0.39 is 11.6 Å². The summed E-state index contributed by atoms with van der Waals surface area (Å²) in [6.07, 6.45) is 4.93. The third-order valence-electron chi connectivity index (χ3n) is 8.82. The maximum atomic E-state index is 16.0. The Morgan fingerprint density at radius 2 is 1.91 bits per heavy atom. The van der Waals surface area contributed by atoms with E-state index >= 15 is 4.39 Å². The van der Waals surface area contributed by atoms with Crippen LogP contribution in [0, 0.1) is 11.6 Å². The molecule has 1 saturated carbocycles. The van der Waals surface area contributed by atoms with Crippen LogP contribution in [0.3, 0.4) is 0 Å². The highest BCUT2D eigenvalue weighted by Gasteiger charge is 2.34. The summed E-state index contributed by atoms with van der Waals surface area (Å²) >= 11 is 2.88. The predicted molar refractivity (Wildman–Crippen MR) is 178 cm³/mol. The van der Waals surface area contributed by atoms with Gasteiger partial charge in [-0.3, -0.25) is 4.79 Å². The molecule has 4 heterocycles. The number of carbonyl (C=O) groups excluding carboxylic acids is 1. The number of thiazole rings is 1. The number of aromatic nitrogens is 2. The van der Waals surface area contributed by atoms with E-state index in [0.717, 1.165) is 62.8 Å². The molecule has 1 amide bonds. The number of pyridine rings is 1. The Labute approximate surface area is 273 Å². The lowest BCUT2D eigenvalue weighted by Gasteiger charge is -2.38. The number of rotatable bonds is 9. The quantitative estimate of drug-likeness (QED) is 0.131. The van der Waals surface area contributed by atoms with E-state index in [4.69, 9.17) is 25.2 Å². The Hall–Kier alpha value is -4.03. The zero-order valence-electron chi connectivity index (χ0n) is 25.3. The van der Waals surface area contributed by atoms with Crippen LogP contribution in [-0.4, -0.2) is 47.6 Å². The van der Waals surface area contributed by atoms with Gasteiger partial charge < -0.3 is 20.1 Å². The Balaban J connectivity index is 1.44. The van der Waals surface area contributed by atoms with Crippen LogP contribution in [0.1, 0.15) is 35.4 Å². The molecule has 236 valence electrons. The number of nitrogens with zero attached hydrogens (tertiary/aromatic N) is 3. The van der Waals surface area contributed by atoms with E-state index in [2.05, 4.69) is 18.7 Å². The zero-order chi connectivity index (χ0) is 32.0. The summed E-state index contributed by atoms with van der Waals surface area (Å²) in [6.45, 7) is 4.90. The number of carbonyl (C=O) groups is 1. The number of methoxy groups -OCH3 is 1. The van der Waals surface area contributed by atoms with Gasteiger partial charge in [0.2, 0.25) is 5.91 Å². The molecule has 3 aromatic heterocycles. The second-order valence-electron chi connectivity index (χ2n) is 11.6. The molecule has 0 saturated heterocycles. The van der Waals surface area contributed by atoms with Crippen molar-refractivity contribution in [3.63, 3.8) is 0 Å². The van der Waals surface area contributed by atoms with E-state index in [1.54, 1.807) is 4.90 Å². The van der Waals surface area contributed by atoms with Crippen molar-refractivity contribution in [2.45, 2.75) is 37.8 Å². The van der Waals surface area contributed by atoms with Gasteiger partial charge in [-0.25, -0.2) is 18.7 Å². The van der Waals surface area contributed by atoms with Crippen molar-refractivity contribution in [3.8, 4) is 38.8 Å².